The first-order valence-corrected chi connectivity index (χ1v) is 12.7. The van der Waals surface area contributed by atoms with E-state index in [0.717, 1.165) is 30.6 Å². The van der Waals surface area contributed by atoms with Gasteiger partial charge in [0, 0.05) is 12.1 Å². The smallest absolute Gasteiger partial charge is 0.232 e. The lowest BCUT2D eigenvalue weighted by molar-refractivity contribution is -0.125. The molecular formula is C29H32N4O3. The average molecular weight is 485 g/mol. The Hall–Kier alpha value is -3.75. The van der Waals surface area contributed by atoms with E-state index in [2.05, 4.69) is 22.0 Å². The van der Waals surface area contributed by atoms with Gasteiger partial charge in [-0.1, -0.05) is 31.1 Å². The number of allylic oxidation sites excluding steroid dienone is 2. The van der Waals surface area contributed by atoms with E-state index in [-0.39, 0.29) is 5.91 Å². The SMILES string of the molecule is COC1=CC=C(c2ccc(C#N)c(OC)c2)N2CC=C=C(C3(C(=O)NCC4CCCCC4)CC3)N=C12. The van der Waals surface area contributed by atoms with Crippen molar-refractivity contribution in [1.82, 2.24) is 10.2 Å². The second-order valence-electron chi connectivity index (χ2n) is 9.85. The number of fused-ring (bicyclic) bond motifs is 1. The second-order valence-corrected chi connectivity index (χ2v) is 9.85. The molecule has 2 aliphatic carbocycles. The summed E-state index contributed by atoms with van der Waals surface area (Å²) in [5.74, 6) is 2.45. The summed E-state index contributed by atoms with van der Waals surface area (Å²) in [4.78, 5) is 20.4. The minimum atomic E-state index is -0.619. The monoisotopic (exact) mass is 484 g/mol. The Morgan fingerprint density at radius 3 is 2.72 bits per heavy atom. The first-order valence-electron chi connectivity index (χ1n) is 12.7. The lowest BCUT2D eigenvalue weighted by Crippen LogP contribution is -2.37. The van der Waals surface area contributed by atoms with Crippen molar-refractivity contribution in [2.45, 2.75) is 44.9 Å². The fourth-order valence-electron chi connectivity index (χ4n) is 5.33. The number of nitrogens with one attached hydrogen (secondary N) is 1. The zero-order valence-corrected chi connectivity index (χ0v) is 21.0. The number of carbonyl (C=O) groups excluding carboxylic acids is 1. The van der Waals surface area contributed by atoms with Gasteiger partial charge in [-0.25, -0.2) is 4.99 Å². The van der Waals surface area contributed by atoms with Crippen LogP contribution in [0.25, 0.3) is 5.70 Å². The molecule has 186 valence electrons. The van der Waals surface area contributed by atoms with Crippen molar-refractivity contribution in [3.05, 3.63) is 64.7 Å². The maximum atomic E-state index is 13.3. The molecule has 0 atom stereocenters. The van der Waals surface area contributed by atoms with Crippen molar-refractivity contribution in [1.29, 1.82) is 5.26 Å². The molecule has 36 heavy (non-hydrogen) atoms. The van der Waals surface area contributed by atoms with Gasteiger partial charge in [0.25, 0.3) is 0 Å². The molecule has 7 nitrogen and oxygen atoms in total. The number of nitrogens with zero attached hydrogens (tertiary/aromatic N) is 3. The third-order valence-electron chi connectivity index (χ3n) is 7.64. The predicted molar refractivity (Wildman–Crippen MR) is 138 cm³/mol. The number of rotatable bonds is 7. The molecule has 0 bridgehead atoms. The first-order chi connectivity index (χ1) is 17.6. The van der Waals surface area contributed by atoms with E-state index in [1.54, 1.807) is 20.3 Å². The Morgan fingerprint density at radius 2 is 2.03 bits per heavy atom. The highest BCUT2D eigenvalue weighted by molar-refractivity contribution is 6.05. The van der Waals surface area contributed by atoms with Crippen LogP contribution in [0.4, 0.5) is 0 Å². The van der Waals surface area contributed by atoms with Crippen molar-refractivity contribution in [2.75, 3.05) is 27.3 Å². The lowest BCUT2D eigenvalue weighted by atomic mass is 9.89. The summed E-state index contributed by atoms with van der Waals surface area (Å²) in [5.41, 5.74) is 5.67. The van der Waals surface area contributed by atoms with E-state index < -0.39 is 5.41 Å². The second kappa shape index (κ2) is 10.1. The van der Waals surface area contributed by atoms with E-state index in [0.29, 0.717) is 41.1 Å². The van der Waals surface area contributed by atoms with Gasteiger partial charge in [0.2, 0.25) is 5.91 Å². The molecule has 1 N–H and O–H groups in total. The molecule has 7 heteroatoms. The van der Waals surface area contributed by atoms with Crippen molar-refractivity contribution >= 4 is 17.4 Å². The molecule has 2 fully saturated rings. The maximum absolute atomic E-state index is 13.3. The number of carbonyl (C=O) groups is 1. The van der Waals surface area contributed by atoms with Crippen LogP contribution < -0.4 is 10.1 Å². The third kappa shape index (κ3) is 4.45. The van der Waals surface area contributed by atoms with Gasteiger partial charge in [-0.15, -0.1) is 0 Å². The number of methoxy groups -OCH3 is 2. The van der Waals surface area contributed by atoms with E-state index in [9.17, 15) is 10.1 Å². The summed E-state index contributed by atoms with van der Waals surface area (Å²) in [7, 11) is 3.19. The minimum Gasteiger partial charge on any atom is -0.495 e. The van der Waals surface area contributed by atoms with Crippen molar-refractivity contribution in [3.8, 4) is 11.8 Å². The number of ether oxygens (including phenoxy) is 2. The fourth-order valence-corrected chi connectivity index (χ4v) is 5.33. The Balaban J connectivity index is 1.41. The molecule has 0 unspecified atom stereocenters. The topological polar surface area (TPSA) is 87.0 Å². The van der Waals surface area contributed by atoms with Gasteiger partial charge < -0.3 is 19.7 Å². The van der Waals surface area contributed by atoms with Gasteiger partial charge in [-0.3, -0.25) is 4.79 Å². The van der Waals surface area contributed by atoms with E-state index in [4.69, 9.17) is 14.5 Å². The number of amides is 1. The molecule has 1 aromatic carbocycles. The van der Waals surface area contributed by atoms with Crippen LogP contribution in [0.15, 0.2) is 58.6 Å². The van der Waals surface area contributed by atoms with Crippen molar-refractivity contribution in [3.63, 3.8) is 0 Å². The van der Waals surface area contributed by atoms with E-state index in [1.807, 2.05) is 30.4 Å². The molecule has 2 aliphatic heterocycles. The van der Waals surface area contributed by atoms with Gasteiger partial charge in [-0.2, -0.15) is 5.26 Å². The number of amidine groups is 1. The predicted octanol–water partition coefficient (Wildman–Crippen LogP) is 4.68. The molecule has 1 aromatic rings. The van der Waals surface area contributed by atoms with Crippen LogP contribution in [-0.2, 0) is 9.53 Å². The van der Waals surface area contributed by atoms with Crippen molar-refractivity contribution in [2.24, 2.45) is 16.3 Å². The summed E-state index contributed by atoms with van der Waals surface area (Å²) in [6, 6.07) is 7.68. The molecule has 2 saturated carbocycles. The Kier molecular flexibility index (Phi) is 6.71. The highest BCUT2D eigenvalue weighted by atomic mass is 16.5. The largest absolute Gasteiger partial charge is 0.495 e. The number of benzene rings is 1. The molecule has 4 aliphatic rings. The van der Waals surface area contributed by atoms with Crippen molar-refractivity contribution < 1.29 is 14.3 Å². The average Bonchev–Trinajstić information content (AvgIpc) is 3.75. The van der Waals surface area contributed by atoms with Crippen LogP contribution in [0.3, 0.4) is 0 Å². The lowest BCUT2D eigenvalue weighted by Gasteiger charge is -2.31. The quantitative estimate of drug-likeness (QED) is 0.568. The number of hydrogen-bond acceptors (Lipinski definition) is 6. The zero-order valence-electron chi connectivity index (χ0n) is 21.0. The van der Waals surface area contributed by atoms with E-state index in [1.165, 1.54) is 32.1 Å². The van der Waals surface area contributed by atoms with Gasteiger partial charge in [0.05, 0.1) is 43.1 Å². The Morgan fingerprint density at radius 1 is 1.22 bits per heavy atom. The molecule has 5 rings (SSSR count). The van der Waals surface area contributed by atoms with Crippen LogP contribution in [0.5, 0.6) is 5.75 Å². The number of hydrogen-bond donors (Lipinski definition) is 1. The number of nitriles is 1. The summed E-state index contributed by atoms with van der Waals surface area (Å²) in [6.07, 6.45) is 13.6. The third-order valence-corrected chi connectivity index (χ3v) is 7.64. The van der Waals surface area contributed by atoms with Crippen LogP contribution in [0, 0.1) is 22.7 Å². The highest BCUT2D eigenvalue weighted by Gasteiger charge is 2.54. The standard InChI is InChI=1S/C29H32N4O3/c1-35-24-13-12-23(21-10-11-22(18-30)25(17-21)36-2)33-16-6-9-26(32-27(24)33)29(14-15-29)28(34)31-19-20-7-4-3-5-8-20/h6,10-13,17,20H,3-5,7-8,14-16,19H2,1-2H3,(H,31,34). The Labute approximate surface area is 212 Å². The molecule has 0 radical (unpaired) electrons. The summed E-state index contributed by atoms with van der Waals surface area (Å²) in [6.45, 7) is 1.27. The molecule has 2 heterocycles. The zero-order chi connectivity index (χ0) is 25.1. The van der Waals surface area contributed by atoms with Gasteiger partial charge in [0.15, 0.2) is 11.6 Å². The van der Waals surface area contributed by atoms with Gasteiger partial charge in [0.1, 0.15) is 11.8 Å². The number of aliphatic imine (C=N–C) groups is 1. The maximum Gasteiger partial charge on any atom is 0.232 e. The minimum absolute atomic E-state index is 0.0631. The van der Waals surface area contributed by atoms with Crippen LogP contribution in [0.2, 0.25) is 0 Å². The molecule has 0 aromatic heterocycles. The van der Waals surface area contributed by atoms with Crippen LogP contribution >= 0.6 is 0 Å². The normalized spacial score (nSPS) is 20.5. The summed E-state index contributed by atoms with van der Waals surface area (Å²) < 4.78 is 11.1. The summed E-state index contributed by atoms with van der Waals surface area (Å²) >= 11 is 0. The molecule has 1 amide bonds. The van der Waals surface area contributed by atoms with E-state index >= 15 is 0 Å². The van der Waals surface area contributed by atoms with Crippen LogP contribution in [0.1, 0.15) is 56.1 Å². The Bertz CT molecular complexity index is 1250. The molecule has 0 saturated heterocycles. The highest BCUT2D eigenvalue weighted by Crippen LogP contribution is 2.53. The van der Waals surface area contributed by atoms with Crippen LogP contribution in [-0.4, -0.2) is 44.0 Å². The molecule has 0 spiro atoms. The summed E-state index contributed by atoms with van der Waals surface area (Å²) in [5, 5.41) is 12.6. The first kappa shape index (κ1) is 24.0. The van der Waals surface area contributed by atoms with Gasteiger partial charge in [-0.05, 0) is 62.0 Å². The fraction of sp³-hybridized carbons (Fsp3) is 0.448. The van der Waals surface area contributed by atoms with Gasteiger partial charge >= 0.3 is 0 Å². The molecular weight excluding hydrogens is 452 g/mol.